The van der Waals surface area contributed by atoms with Crippen molar-refractivity contribution < 1.29 is 28.9 Å². The van der Waals surface area contributed by atoms with Crippen LogP contribution >= 0.6 is 0 Å². The standard InChI is InChI=1S/C41H46N2O6/c1-41(2,3)49-39(46)36-14-9-23-43(36)26-34-24-37(30-17-15-28(27-44)16-18-30)48-40(47-34)32-21-19-29(20-22-32)35-13-8-7-12-33(35)25-42-38(45)31-10-5-4-6-11-31/h4-8,10-13,15-22,34,36-37,40,44H,9,14,23-27H2,1-3H3,(H,42,45)/t34-,36+,37+,40+/m1/s1. The number of rotatable bonds is 10. The lowest BCUT2D eigenvalue weighted by Gasteiger charge is -2.38. The van der Waals surface area contributed by atoms with E-state index in [0.717, 1.165) is 52.8 Å². The van der Waals surface area contributed by atoms with Gasteiger partial charge in [-0.2, -0.15) is 0 Å². The molecule has 2 fully saturated rings. The summed E-state index contributed by atoms with van der Waals surface area (Å²) in [6.07, 6.45) is 1.31. The van der Waals surface area contributed by atoms with Crippen LogP contribution in [0.5, 0.6) is 0 Å². The molecule has 1 amide bonds. The van der Waals surface area contributed by atoms with Gasteiger partial charge < -0.3 is 24.6 Å². The molecule has 6 rings (SSSR count). The number of hydrogen-bond donors (Lipinski definition) is 2. The Balaban J connectivity index is 1.19. The fourth-order valence-electron chi connectivity index (χ4n) is 6.62. The van der Waals surface area contributed by atoms with E-state index in [4.69, 9.17) is 14.2 Å². The number of benzene rings is 4. The van der Waals surface area contributed by atoms with E-state index in [1.165, 1.54) is 0 Å². The van der Waals surface area contributed by atoms with E-state index in [2.05, 4.69) is 28.4 Å². The maximum Gasteiger partial charge on any atom is 0.323 e. The number of nitrogens with one attached hydrogen (secondary N) is 1. The maximum absolute atomic E-state index is 13.1. The van der Waals surface area contributed by atoms with Crippen LogP contribution in [0.25, 0.3) is 11.1 Å². The largest absolute Gasteiger partial charge is 0.459 e. The van der Waals surface area contributed by atoms with E-state index in [-0.39, 0.29) is 36.7 Å². The Kier molecular flexibility index (Phi) is 10.9. The summed E-state index contributed by atoms with van der Waals surface area (Å²) >= 11 is 0. The number of aliphatic hydroxyl groups is 1. The minimum atomic E-state index is -0.613. The first-order valence-corrected chi connectivity index (χ1v) is 17.2. The molecule has 0 radical (unpaired) electrons. The summed E-state index contributed by atoms with van der Waals surface area (Å²) in [7, 11) is 0. The van der Waals surface area contributed by atoms with Crippen molar-refractivity contribution in [2.24, 2.45) is 0 Å². The highest BCUT2D eigenvalue weighted by atomic mass is 16.7. The molecular weight excluding hydrogens is 616 g/mol. The van der Waals surface area contributed by atoms with Crippen LogP contribution in [0, 0.1) is 0 Å². The molecule has 2 N–H and O–H groups in total. The topological polar surface area (TPSA) is 97.3 Å². The highest BCUT2D eigenvalue weighted by molar-refractivity contribution is 5.94. The Hall–Kier alpha value is -4.34. The average Bonchev–Trinajstić information content (AvgIpc) is 3.58. The van der Waals surface area contributed by atoms with Gasteiger partial charge in [0.1, 0.15) is 11.6 Å². The van der Waals surface area contributed by atoms with Crippen molar-refractivity contribution >= 4 is 11.9 Å². The molecule has 2 aliphatic heterocycles. The molecule has 2 saturated heterocycles. The number of hydrogen-bond acceptors (Lipinski definition) is 7. The van der Waals surface area contributed by atoms with Crippen molar-refractivity contribution in [1.82, 2.24) is 10.2 Å². The molecule has 256 valence electrons. The van der Waals surface area contributed by atoms with Gasteiger partial charge in [-0.15, -0.1) is 0 Å². The van der Waals surface area contributed by atoms with E-state index in [9.17, 15) is 14.7 Å². The molecule has 0 spiro atoms. The van der Waals surface area contributed by atoms with Crippen LogP contribution in [-0.4, -0.2) is 52.7 Å². The second-order valence-corrected chi connectivity index (χ2v) is 13.9. The van der Waals surface area contributed by atoms with E-state index >= 15 is 0 Å². The molecule has 2 heterocycles. The molecule has 8 nitrogen and oxygen atoms in total. The van der Waals surface area contributed by atoms with Crippen molar-refractivity contribution in [3.05, 3.63) is 131 Å². The summed E-state index contributed by atoms with van der Waals surface area (Å²) in [6, 6.07) is 33.0. The zero-order valence-corrected chi connectivity index (χ0v) is 28.5. The molecule has 0 bridgehead atoms. The summed E-state index contributed by atoms with van der Waals surface area (Å²) in [5.74, 6) is -0.293. The van der Waals surface area contributed by atoms with Crippen molar-refractivity contribution in [2.45, 2.75) is 83.3 Å². The molecule has 0 saturated carbocycles. The number of aliphatic hydroxyl groups excluding tert-OH is 1. The first kappa shape index (κ1) is 34.5. The summed E-state index contributed by atoms with van der Waals surface area (Å²) in [6.45, 7) is 7.49. The predicted molar refractivity (Wildman–Crippen MR) is 188 cm³/mol. The molecule has 2 aliphatic rings. The third-order valence-corrected chi connectivity index (χ3v) is 9.08. The van der Waals surface area contributed by atoms with Gasteiger partial charge in [0.2, 0.25) is 0 Å². The van der Waals surface area contributed by atoms with Crippen LogP contribution in [0.4, 0.5) is 0 Å². The fourth-order valence-corrected chi connectivity index (χ4v) is 6.62. The number of amides is 1. The molecule has 4 aromatic carbocycles. The van der Waals surface area contributed by atoms with Gasteiger partial charge in [-0.05, 0) is 80.1 Å². The Labute approximate surface area is 289 Å². The third kappa shape index (κ3) is 8.83. The Morgan fingerprint density at radius 2 is 1.57 bits per heavy atom. The van der Waals surface area contributed by atoms with Gasteiger partial charge >= 0.3 is 5.97 Å². The summed E-state index contributed by atoms with van der Waals surface area (Å²) in [5.41, 5.74) is 5.92. The lowest BCUT2D eigenvalue weighted by atomic mass is 9.97. The second-order valence-electron chi connectivity index (χ2n) is 13.9. The number of nitrogens with zero attached hydrogens (tertiary/aromatic N) is 1. The smallest absolute Gasteiger partial charge is 0.323 e. The van der Waals surface area contributed by atoms with E-state index in [1.807, 2.05) is 93.6 Å². The first-order valence-electron chi connectivity index (χ1n) is 17.2. The van der Waals surface area contributed by atoms with Gasteiger partial charge in [0.15, 0.2) is 6.29 Å². The van der Waals surface area contributed by atoms with Crippen molar-refractivity contribution in [3.8, 4) is 11.1 Å². The number of likely N-dealkylation sites (tertiary alicyclic amines) is 1. The molecule has 4 atom stereocenters. The van der Waals surface area contributed by atoms with E-state index in [1.54, 1.807) is 12.1 Å². The van der Waals surface area contributed by atoms with Crippen molar-refractivity contribution in [2.75, 3.05) is 13.1 Å². The van der Waals surface area contributed by atoms with Gasteiger partial charge in [-0.3, -0.25) is 14.5 Å². The molecule has 8 heteroatoms. The zero-order chi connectivity index (χ0) is 34.4. The SMILES string of the molecule is CC(C)(C)OC(=O)[C@@H]1CCCN1C[C@H]1C[C@@H](c2ccc(CO)cc2)O[C@@H](c2ccc(-c3ccccc3CNC(=O)c3ccccc3)cc2)O1. The monoisotopic (exact) mass is 662 g/mol. The van der Waals surface area contributed by atoms with Gasteiger partial charge in [0.05, 0.1) is 18.8 Å². The maximum atomic E-state index is 13.1. The van der Waals surface area contributed by atoms with Gasteiger partial charge in [0.25, 0.3) is 5.91 Å². The van der Waals surface area contributed by atoms with E-state index < -0.39 is 11.9 Å². The Morgan fingerprint density at radius 1 is 0.878 bits per heavy atom. The minimum absolute atomic E-state index is 0.0178. The molecule has 0 aliphatic carbocycles. The highest BCUT2D eigenvalue weighted by Gasteiger charge is 2.39. The summed E-state index contributed by atoms with van der Waals surface area (Å²) < 4.78 is 19.0. The van der Waals surface area contributed by atoms with Crippen LogP contribution in [-0.2, 0) is 32.2 Å². The fraction of sp³-hybridized carbons (Fsp3) is 0.366. The predicted octanol–water partition coefficient (Wildman–Crippen LogP) is 7.13. The number of ether oxygens (including phenoxy) is 3. The van der Waals surface area contributed by atoms with Crippen LogP contribution in [0.2, 0.25) is 0 Å². The van der Waals surface area contributed by atoms with E-state index in [0.29, 0.717) is 25.1 Å². The molecule has 4 aromatic rings. The number of esters is 1. The van der Waals surface area contributed by atoms with Crippen LogP contribution in [0.15, 0.2) is 103 Å². The van der Waals surface area contributed by atoms with Gasteiger partial charge in [0, 0.05) is 30.6 Å². The van der Waals surface area contributed by atoms with Crippen LogP contribution in [0.1, 0.15) is 85.0 Å². The van der Waals surface area contributed by atoms with Crippen molar-refractivity contribution in [3.63, 3.8) is 0 Å². The normalized spacial score (nSPS) is 21.3. The van der Waals surface area contributed by atoms with Gasteiger partial charge in [-0.1, -0.05) is 91.0 Å². The van der Waals surface area contributed by atoms with Crippen molar-refractivity contribution in [1.29, 1.82) is 0 Å². The second kappa shape index (κ2) is 15.5. The number of carbonyl (C=O) groups is 2. The third-order valence-electron chi connectivity index (χ3n) is 9.08. The Morgan fingerprint density at radius 3 is 2.29 bits per heavy atom. The molecule has 0 aromatic heterocycles. The summed E-state index contributed by atoms with van der Waals surface area (Å²) in [4.78, 5) is 28.0. The molecular formula is C41H46N2O6. The van der Waals surface area contributed by atoms with Crippen LogP contribution in [0.3, 0.4) is 0 Å². The molecule has 0 unspecified atom stereocenters. The average molecular weight is 663 g/mol. The number of carbonyl (C=O) groups excluding carboxylic acids is 2. The first-order chi connectivity index (χ1) is 23.7. The lowest BCUT2D eigenvalue weighted by Crippen LogP contribution is -2.45. The lowest BCUT2D eigenvalue weighted by molar-refractivity contribution is -0.253. The quantitative estimate of drug-likeness (QED) is 0.175. The summed E-state index contributed by atoms with van der Waals surface area (Å²) in [5, 5.41) is 12.6. The Bertz CT molecular complexity index is 1700. The van der Waals surface area contributed by atoms with Gasteiger partial charge in [-0.25, -0.2) is 0 Å². The zero-order valence-electron chi connectivity index (χ0n) is 28.5. The van der Waals surface area contributed by atoms with Crippen LogP contribution < -0.4 is 5.32 Å². The minimum Gasteiger partial charge on any atom is -0.459 e. The molecule has 49 heavy (non-hydrogen) atoms. The highest BCUT2D eigenvalue weighted by Crippen LogP contribution is 2.39.